The van der Waals surface area contributed by atoms with Crippen molar-refractivity contribution >= 4 is 34.9 Å². The molecule has 0 saturated heterocycles. The molecule has 1 aromatic heterocycles. The predicted octanol–water partition coefficient (Wildman–Crippen LogP) is 3.56. The predicted molar refractivity (Wildman–Crippen MR) is 101 cm³/mol. The zero-order chi connectivity index (χ0) is 17.0. The number of carbonyl (C=O) groups is 2. The van der Waals surface area contributed by atoms with Crippen LogP contribution in [0.25, 0.3) is 0 Å². The van der Waals surface area contributed by atoms with Gasteiger partial charge in [0.05, 0.1) is 0 Å². The van der Waals surface area contributed by atoms with Crippen LogP contribution in [0.5, 0.6) is 0 Å². The van der Waals surface area contributed by atoms with Gasteiger partial charge < -0.3 is 10.6 Å². The summed E-state index contributed by atoms with van der Waals surface area (Å²) in [4.78, 5) is 24.7. The third-order valence-electron chi connectivity index (χ3n) is 3.30. The minimum Gasteiger partial charge on any atom is -0.356 e. The van der Waals surface area contributed by atoms with E-state index in [1.807, 2.05) is 29.0 Å². The molecule has 128 valence electrons. The molecule has 1 aromatic carbocycles. The molecule has 2 rings (SSSR count). The van der Waals surface area contributed by atoms with E-state index < -0.39 is 0 Å². The standard InChI is InChI=1S/C18H22N2O2S2/c21-17(8-4-10-20-18(22)15-9-13-23-14-15)19-11-5-12-24-16-6-2-1-3-7-16/h1-3,6-7,9,13-14H,4-5,8,10-12H2,(H,19,21)(H,20,22). The summed E-state index contributed by atoms with van der Waals surface area (Å²) in [6, 6.07) is 12.0. The molecule has 0 fully saturated rings. The molecule has 2 aromatic rings. The van der Waals surface area contributed by atoms with Crippen molar-refractivity contribution in [3.63, 3.8) is 0 Å². The maximum absolute atomic E-state index is 11.7. The number of benzene rings is 1. The molecule has 1 heterocycles. The van der Waals surface area contributed by atoms with Crippen LogP contribution in [0.3, 0.4) is 0 Å². The van der Waals surface area contributed by atoms with Gasteiger partial charge >= 0.3 is 0 Å². The van der Waals surface area contributed by atoms with E-state index in [1.165, 1.54) is 16.2 Å². The molecular formula is C18H22N2O2S2. The number of thioether (sulfide) groups is 1. The Morgan fingerprint density at radius 1 is 1.00 bits per heavy atom. The van der Waals surface area contributed by atoms with Gasteiger partial charge in [0.25, 0.3) is 5.91 Å². The summed E-state index contributed by atoms with van der Waals surface area (Å²) in [5.74, 6) is 0.958. The minimum absolute atomic E-state index is 0.0458. The molecule has 0 saturated carbocycles. The van der Waals surface area contributed by atoms with Gasteiger partial charge in [-0.15, -0.1) is 11.8 Å². The molecule has 2 amide bonds. The summed E-state index contributed by atoms with van der Waals surface area (Å²) >= 11 is 3.29. The molecule has 0 bridgehead atoms. The van der Waals surface area contributed by atoms with E-state index in [2.05, 4.69) is 22.8 Å². The molecule has 24 heavy (non-hydrogen) atoms. The van der Waals surface area contributed by atoms with Crippen LogP contribution >= 0.6 is 23.1 Å². The number of amides is 2. The lowest BCUT2D eigenvalue weighted by molar-refractivity contribution is -0.121. The van der Waals surface area contributed by atoms with E-state index in [0.29, 0.717) is 31.5 Å². The zero-order valence-electron chi connectivity index (χ0n) is 13.5. The molecule has 0 atom stereocenters. The van der Waals surface area contributed by atoms with Gasteiger partial charge in [-0.3, -0.25) is 9.59 Å². The Kier molecular flexibility index (Phi) is 8.41. The second-order valence-electron chi connectivity index (χ2n) is 5.24. The highest BCUT2D eigenvalue weighted by Gasteiger charge is 2.05. The summed E-state index contributed by atoms with van der Waals surface area (Å²) in [6.07, 6.45) is 2.04. The van der Waals surface area contributed by atoms with E-state index in [1.54, 1.807) is 17.8 Å². The molecule has 0 spiro atoms. The van der Waals surface area contributed by atoms with Gasteiger partial charge in [0.1, 0.15) is 0 Å². The summed E-state index contributed by atoms with van der Waals surface area (Å²) in [5.41, 5.74) is 0.681. The van der Waals surface area contributed by atoms with E-state index >= 15 is 0 Å². The second kappa shape index (κ2) is 10.9. The fourth-order valence-corrected chi connectivity index (χ4v) is 3.55. The van der Waals surface area contributed by atoms with Crippen molar-refractivity contribution in [2.24, 2.45) is 0 Å². The smallest absolute Gasteiger partial charge is 0.252 e. The van der Waals surface area contributed by atoms with E-state index in [-0.39, 0.29) is 11.8 Å². The fourth-order valence-electron chi connectivity index (χ4n) is 2.04. The van der Waals surface area contributed by atoms with Crippen LogP contribution in [-0.2, 0) is 4.79 Å². The number of hydrogen-bond acceptors (Lipinski definition) is 4. The average molecular weight is 363 g/mol. The van der Waals surface area contributed by atoms with E-state index in [0.717, 1.165) is 12.2 Å². The average Bonchev–Trinajstić information content (AvgIpc) is 3.14. The number of rotatable bonds is 10. The van der Waals surface area contributed by atoms with Gasteiger partial charge in [-0.1, -0.05) is 18.2 Å². The minimum atomic E-state index is -0.0744. The van der Waals surface area contributed by atoms with Gasteiger partial charge in [0.15, 0.2) is 0 Å². The van der Waals surface area contributed by atoms with Crippen molar-refractivity contribution in [2.75, 3.05) is 18.8 Å². The quantitative estimate of drug-likeness (QED) is 0.502. The van der Waals surface area contributed by atoms with Crippen molar-refractivity contribution in [1.82, 2.24) is 10.6 Å². The SMILES string of the molecule is O=C(CCCNC(=O)c1ccsc1)NCCCSc1ccccc1. The van der Waals surface area contributed by atoms with Crippen molar-refractivity contribution in [1.29, 1.82) is 0 Å². The van der Waals surface area contributed by atoms with Crippen LogP contribution in [-0.4, -0.2) is 30.7 Å². The molecule has 0 aliphatic carbocycles. The molecule has 4 nitrogen and oxygen atoms in total. The summed E-state index contributed by atoms with van der Waals surface area (Å²) < 4.78 is 0. The van der Waals surface area contributed by atoms with Gasteiger partial charge in [-0.25, -0.2) is 0 Å². The molecule has 0 radical (unpaired) electrons. The Bertz CT molecular complexity index is 615. The fraction of sp³-hybridized carbons (Fsp3) is 0.333. The van der Waals surface area contributed by atoms with Gasteiger partial charge in [0.2, 0.25) is 5.91 Å². The molecule has 0 aliphatic heterocycles. The summed E-state index contributed by atoms with van der Waals surface area (Å²) in [6.45, 7) is 1.21. The molecule has 0 aliphatic rings. The Balaban J connectivity index is 1.46. The van der Waals surface area contributed by atoms with Crippen LogP contribution in [0.4, 0.5) is 0 Å². The van der Waals surface area contributed by atoms with Crippen molar-refractivity contribution in [2.45, 2.75) is 24.2 Å². The Morgan fingerprint density at radius 3 is 2.54 bits per heavy atom. The molecular weight excluding hydrogens is 340 g/mol. The van der Waals surface area contributed by atoms with Crippen LogP contribution in [0.2, 0.25) is 0 Å². The first-order valence-corrected chi connectivity index (χ1v) is 9.93. The summed E-state index contributed by atoms with van der Waals surface area (Å²) in [5, 5.41) is 9.43. The molecule has 0 unspecified atom stereocenters. The maximum atomic E-state index is 11.7. The molecule has 2 N–H and O–H groups in total. The monoisotopic (exact) mass is 362 g/mol. The van der Waals surface area contributed by atoms with Crippen LogP contribution < -0.4 is 10.6 Å². The normalized spacial score (nSPS) is 10.3. The maximum Gasteiger partial charge on any atom is 0.252 e. The molecule has 6 heteroatoms. The van der Waals surface area contributed by atoms with Gasteiger partial charge in [-0.2, -0.15) is 11.3 Å². The van der Waals surface area contributed by atoms with Gasteiger partial charge in [-0.05, 0) is 42.2 Å². The zero-order valence-corrected chi connectivity index (χ0v) is 15.1. The van der Waals surface area contributed by atoms with Crippen molar-refractivity contribution in [3.05, 3.63) is 52.7 Å². The lowest BCUT2D eigenvalue weighted by atomic mass is 10.2. The van der Waals surface area contributed by atoms with E-state index in [4.69, 9.17) is 0 Å². The summed E-state index contributed by atoms with van der Waals surface area (Å²) in [7, 11) is 0. The van der Waals surface area contributed by atoms with Crippen LogP contribution in [0, 0.1) is 0 Å². The lowest BCUT2D eigenvalue weighted by Gasteiger charge is -2.06. The third kappa shape index (κ3) is 7.19. The topological polar surface area (TPSA) is 58.2 Å². The Hall–Kier alpha value is -1.79. The van der Waals surface area contributed by atoms with Crippen LogP contribution in [0.15, 0.2) is 52.1 Å². The first-order chi connectivity index (χ1) is 11.8. The number of nitrogens with one attached hydrogen (secondary N) is 2. The van der Waals surface area contributed by atoms with Gasteiger partial charge in [0, 0.05) is 35.3 Å². The first kappa shape index (κ1) is 18.5. The Morgan fingerprint density at radius 2 is 1.79 bits per heavy atom. The van der Waals surface area contributed by atoms with Crippen molar-refractivity contribution < 1.29 is 9.59 Å². The Labute approximate surface area is 151 Å². The largest absolute Gasteiger partial charge is 0.356 e. The number of thiophene rings is 1. The van der Waals surface area contributed by atoms with E-state index in [9.17, 15) is 9.59 Å². The van der Waals surface area contributed by atoms with Crippen molar-refractivity contribution in [3.8, 4) is 0 Å². The first-order valence-electron chi connectivity index (χ1n) is 8.00. The third-order valence-corrected chi connectivity index (χ3v) is 5.09. The second-order valence-corrected chi connectivity index (χ2v) is 7.18. The number of hydrogen-bond donors (Lipinski definition) is 2. The highest BCUT2D eigenvalue weighted by Crippen LogP contribution is 2.17. The highest BCUT2D eigenvalue weighted by molar-refractivity contribution is 7.99. The lowest BCUT2D eigenvalue weighted by Crippen LogP contribution is -2.28. The highest BCUT2D eigenvalue weighted by atomic mass is 32.2. The number of carbonyl (C=O) groups excluding carboxylic acids is 2. The van der Waals surface area contributed by atoms with Crippen LogP contribution in [0.1, 0.15) is 29.6 Å².